The second-order valence-corrected chi connectivity index (χ2v) is 7.14. The summed E-state index contributed by atoms with van der Waals surface area (Å²) in [6.07, 6.45) is 1.75. The van der Waals surface area contributed by atoms with Crippen molar-refractivity contribution in [3.8, 4) is 0 Å². The van der Waals surface area contributed by atoms with Gasteiger partial charge in [-0.2, -0.15) is 0 Å². The molecule has 1 aliphatic heterocycles. The zero-order valence-electron chi connectivity index (χ0n) is 11.8. The summed E-state index contributed by atoms with van der Waals surface area (Å²) in [5.41, 5.74) is 0. The fourth-order valence-electron chi connectivity index (χ4n) is 2.65. The van der Waals surface area contributed by atoms with Crippen molar-refractivity contribution in [1.29, 1.82) is 0 Å². The topological polar surface area (TPSA) is 69.6 Å². The van der Waals surface area contributed by atoms with Crippen molar-refractivity contribution in [2.45, 2.75) is 32.2 Å². The van der Waals surface area contributed by atoms with Crippen LogP contribution in [0, 0.1) is 5.92 Å². The number of carboxylic acid groups (broad SMARTS) is 1. The van der Waals surface area contributed by atoms with E-state index in [1.54, 1.807) is 12.1 Å². The highest BCUT2D eigenvalue weighted by atomic mass is 35.5. The van der Waals surface area contributed by atoms with Gasteiger partial charge in [-0.1, -0.05) is 11.6 Å². The van der Waals surface area contributed by atoms with Gasteiger partial charge in [0.05, 0.1) is 9.21 Å². The highest BCUT2D eigenvalue weighted by molar-refractivity contribution is 7.17. The Kier molecular flexibility index (Phi) is 5.47. The molecule has 1 fully saturated rings. The Morgan fingerprint density at radius 2 is 2.14 bits per heavy atom. The molecule has 1 atom stereocenters. The number of carbonyl (C=O) groups excluding carboxylic acids is 1. The van der Waals surface area contributed by atoms with Gasteiger partial charge in [-0.05, 0) is 44.2 Å². The maximum Gasteiger partial charge on any atom is 0.407 e. The van der Waals surface area contributed by atoms with E-state index in [0.717, 1.165) is 19.3 Å². The third-order valence-corrected chi connectivity index (χ3v) is 4.98. The molecular formula is C14H19ClN2O3S. The Labute approximate surface area is 132 Å². The van der Waals surface area contributed by atoms with E-state index in [1.807, 2.05) is 6.92 Å². The molecule has 21 heavy (non-hydrogen) atoms. The maximum absolute atomic E-state index is 12.0. The molecule has 0 spiro atoms. The minimum Gasteiger partial charge on any atom is -0.465 e. The summed E-state index contributed by atoms with van der Waals surface area (Å²) < 4.78 is 0.605. The number of likely N-dealkylation sites (tertiary alicyclic amines) is 1. The summed E-state index contributed by atoms with van der Waals surface area (Å²) in [7, 11) is 0. The second-order valence-electron chi connectivity index (χ2n) is 5.43. The second kappa shape index (κ2) is 7.13. The first-order valence-corrected chi connectivity index (χ1v) is 8.19. The maximum atomic E-state index is 12.0. The van der Waals surface area contributed by atoms with Crippen LogP contribution in [-0.2, 0) is 0 Å². The van der Waals surface area contributed by atoms with E-state index in [0.29, 0.717) is 28.2 Å². The van der Waals surface area contributed by atoms with Gasteiger partial charge in [-0.15, -0.1) is 11.3 Å². The van der Waals surface area contributed by atoms with Gasteiger partial charge >= 0.3 is 6.09 Å². The predicted molar refractivity (Wildman–Crippen MR) is 83.2 cm³/mol. The number of carbonyl (C=O) groups is 2. The van der Waals surface area contributed by atoms with Gasteiger partial charge in [0.1, 0.15) is 0 Å². The minimum absolute atomic E-state index is 0.0692. The molecular weight excluding hydrogens is 312 g/mol. The SMILES string of the molecule is C[C@H](CC1CCN(C(=O)O)CC1)NC(=O)c1ccc(Cl)s1. The first kappa shape index (κ1) is 16.1. The highest BCUT2D eigenvalue weighted by Gasteiger charge is 2.24. The number of rotatable bonds is 4. The fourth-order valence-corrected chi connectivity index (χ4v) is 3.60. The molecule has 0 aromatic carbocycles. The van der Waals surface area contributed by atoms with Crippen molar-refractivity contribution in [3.05, 3.63) is 21.3 Å². The Morgan fingerprint density at radius 1 is 1.48 bits per heavy atom. The molecule has 0 unspecified atom stereocenters. The molecule has 5 nitrogen and oxygen atoms in total. The van der Waals surface area contributed by atoms with E-state index >= 15 is 0 Å². The lowest BCUT2D eigenvalue weighted by Crippen LogP contribution is -2.40. The molecule has 2 heterocycles. The van der Waals surface area contributed by atoms with E-state index in [9.17, 15) is 9.59 Å². The largest absolute Gasteiger partial charge is 0.465 e. The molecule has 1 aromatic rings. The Balaban J connectivity index is 1.76. The van der Waals surface area contributed by atoms with Crippen LogP contribution in [-0.4, -0.2) is 41.1 Å². The lowest BCUT2D eigenvalue weighted by atomic mass is 9.91. The average molecular weight is 331 g/mol. The van der Waals surface area contributed by atoms with Crippen LogP contribution in [0.5, 0.6) is 0 Å². The number of hydrogen-bond acceptors (Lipinski definition) is 3. The third kappa shape index (κ3) is 4.61. The molecule has 0 bridgehead atoms. The fraction of sp³-hybridized carbons (Fsp3) is 0.571. The van der Waals surface area contributed by atoms with Gasteiger partial charge < -0.3 is 15.3 Å². The van der Waals surface area contributed by atoms with Crippen LogP contribution in [0.1, 0.15) is 35.9 Å². The number of halogens is 1. The number of nitrogens with zero attached hydrogens (tertiary/aromatic N) is 1. The Bertz CT molecular complexity index is 512. The van der Waals surface area contributed by atoms with Crippen LogP contribution < -0.4 is 5.32 Å². The van der Waals surface area contributed by atoms with Gasteiger partial charge in [-0.25, -0.2) is 4.79 Å². The van der Waals surface area contributed by atoms with Gasteiger partial charge in [0.25, 0.3) is 5.91 Å². The predicted octanol–water partition coefficient (Wildman–Crippen LogP) is 3.30. The van der Waals surface area contributed by atoms with Crippen molar-refractivity contribution in [3.63, 3.8) is 0 Å². The third-order valence-electron chi connectivity index (χ3n) is 3.75. The normalized spacial score (nSPS) is 17.5. The quantitative estimate of drug-likeness (QED) is 0.890. The molecule has 1 aliphatic rings. The summed E-state index contributed by atoms with van der Waals surface area (Å²) in [6, 6.07) is 3.51. The molecule has 116 valence electrons. The van der Waals surface area contributed by atoms with Gasteiger partial charge in [0.2, 0.25) is 0 Å². The van der Waals surface area contributed by atoms with Crippen molar-refractivity contribution in [1.82, 2.24) is 10.2 Å². The van der Waals surface area contributed by atoms with Crippen molar-refractivity contribution in [2.24, 2.45) is 5.92 Å². The van der Waals surface area contributed by atoms with Crippen LogP contribution in [0.15, 0.2) is 12.1 Å². The monoisotopic (exact) mass is 330 g/mol. The molecule has 0 saturated carbocycles. The van der Waals surface area contributed by atoms with Crippen LogP contribution in [0.3, 0.4) is 0 Å². The van der Waals surface area contributed by atoms with Crippen LogP contribution in [0.4, 0.5) is 4.79 Å². The molecule has 1 saturated heterocycles. The number of thiophene rings is 1. The number of nitrogens with one attached hydrogen (secondary N) is 1. The summed E-state index contributed by atoms with van der Waals surface area (Å²) in [6.45, 7) is 3.15. The first-order chi connectivity index (χ1) is 9.95. The number of hydrogen-bond donors (Lipinski definition) is 2. The summed E-state index contributed by atoms with van der Waals surface area (Å²) in [4.78, 5) is 24.9. The zero-order valence-corrected chi connectivity index (χ0v) is 13.4. The lowest BCUT2D eigenvalue weighted by Gasteiger charge is -2.31. The van der Waals surface area contributed by atoms with Crippen LogP contribution in [0.25, 0.3) is 0 Å². The smallest absolute Gasteiger partial charge is 0.407 e. The standard InChI is InChI=1S/C14H19ClN2O3S/c1-9(16-13(18)11-2-3-12(15)21-11)8-10-4-6-17(7-5-10)14(19)20/h2-3,9-10H,4-8H2,1H3,(H,16,18)(H,19,20)/t9-/m1/s1. The Morgan fingerprint density at radius 3 is 2.67 bits per heavy atom. The molecule has 7 heteroatoms. The molecule has 2 rings (SSSR count). The lowest BCUT2D eigenvalue weighted by molar-refractivity contribution is 0.0932. The number of amides is 2. The van der Waals surface area contributed by atoms with Crippen LogP contribution in [0.2, 0.25) is 4.34 Å². The van der Waals surface area contributed by atoms with E-state index in [1.165, 1.54) is 16.2 Å². The summed E-state index contributed by atoms with van der Waals surface area (Å²) in [5.74, 6) is 0.366. The van der Waals surface area contributed by atoms with Gasteiger partial charge in [0, 0.05) is 19.1 Å². The average Bonchev–Trinajstić information content (AvgIpc) is 2.86. The minimum atomic E-state index is -0.843. The van der Waals surface area contributed by atoms with E-state index in [4.69, 9.17) is 16.7 Å². The molecule has 2 N–H and O–H groups in total. The molecule has 1 aromatic heterocycles. The van der Waals surface area contributed by atoms with E-state index in [2.05, 4.69) is 5.32 Å². The molecule has 0 radical (unpaired) electrons. The molecule has 2 amide bonds. The van der Waals surface area contributed by atoms with Crippen LogP contribution >= 0.6 is 22.9 Å². The molecule has 0 aliphatic carbocycles. The zero-order chi connectivity index (χ0) is 15.4. The first-order valence-electron chi connectivity index (χ1n) is 6.99. The van der Waals surface area contributed by atoms with E-state index < -0.39 is 6.09 Å². The van der Waals surface area contributed by atoms with Gasteiger partial charge in [0.15, 0.2) is 0 Å². The van der Waals surface area contributed by atoms with Crippen molar-refractivity contribution < 1.29 is 14.7 Å². The van der Waals surface area contributed by atoms with Gasteiger partial charge in [-0.3, -0.25) is 4.79 Å². The van der Waals surface area contributed by atoms with Crippen molar-refractivity contribution in [2.75, 3.05) is 13.1 Å². The Hall–Kier alpha value is -1.27. The summed E-state index contributed by atoms with van der Waals surface area (Å²) in [5, 5.41) is 11.9. The summed E-state index contributed by atoms with van der Waals surface area (Å²) >= 11 is 7.09. The highest BCUT2D eigenvalue weighted by Crippen LogP contribution is 2.23. The van der Waals surface area contributed by atoms with E-state index in [-0.39, 0.29) is 11.9 Å². The van der Waals surface area contributed by atoms with Crippen molar-refractivity contribution >= 4 is 34.9 Å². The number of piperidine rings is 1.